The summed E-state index contributed by atoms with van der Waals surface area (Å²) >= 11 is 0. The minimum atomic E-state index is -1.80. The van der Waals surface area contributed by atoms with E-state index in [2.05, 4.69) is 141 Å². The minimum absolute atomic E-state index is 0.230. The molecule has 12 atom stereocenters. The Morgan fingerprint density at radius 3 is 1.43 bits per heavy atom. The van der Waals surface area contributed by atoms with Crippen molar-refractivity contribution in [3.63, 3.8) is 0 Å². The second-order valence-electron chi connectivity index (χ2n) is 19.3. The highest BCUT2D eigenvalue weighted by atomic mass is 16.7. The maximum atomic E-state index is 13.2. The maximum Gasteiger partial charge on any atom is 0.220 e. The second-order valence-corrected chi connectivity index (χ2v) is 19.3. The van der Waals surface area contributed by atoms with Gasteiger partial charge in [0.25, 0.3) is 0 Å². The Morgan fingerprint density at radius 2 is 0.921 bits per heavy atom. The van der Waals surface area contributed by atoms with Crippen molar-refractivity contribution in [3.05, 3.63) is 134 Å². The fourth-order valence-corrected chi connectivity index (χ4v) is 8.22. The summed E-state index contributed by atoms with van der Waals surface area (Å²) in [5, 5.41) is 86.8. The predicted octanol–water partition coefficient (Wildman–Crippen LogP) is 9.21. The van der Waals surface area contributed by atoms with Crippen molar-refractivity contribution < 1.29 is 64.6 Å². The smallest absolute Gasteiger partial charge is 0.220 e. The molecule has 0 aromatic rings. The lowest BCUT2D eigenvalue weighted by Gasteiger charge is -2.46. The van der Waals surface area contributed by atoms with Gasteiger partial charge in [-0.25, -0.2) is 0 Å². The third-order valence-electron chi connectivity index (χ3n) is 12.8. The van der Waals surface area contributed by atoms with Crippen LogP contribution >= 0.6 is 0 Å². The second kappa shape index (κ2) is 46.1. The van der Waals surface area contributed by atoms with Crippen LogP contribution < -0.4 is 5.32 Å². The first-order valence-corrected chi connectivity index (χ1v) is 28.4. The number of aliphatic hydroxyl groups excluding tert-OH is 8. The van der Waals surface area contributed by atoms with Gasteiger partial charge in [-0.3, -0.25) is 4.79 Å². The maximum absolute atomic E-state index is 13.2. The average Bonchev–Trinajstić information content (AvgIpc) is 3.42. The first-order valence-electron chi connectivity index (χ1n) is 28.4. The summed E-state index contributed by atoms with van der Waals surface area (Å²) < 4.78 is 22.7. The molecule has 0 bridgehead atoms. The molecule has 2 aliphatic rings. The lowest BCUT2D eigenvalue weighted by molar-refractivity contribution is -0.359. The van der Waals surface area contributed by atoms with E-state index in [0.29, 0.717) is 12.8 Å². The predicted molar refractivity (Wildman–Crippen MR) is 304 cm³/mol. The van der Waals surface area contributed by atoms with Crippen molar-refractivity contribution in [1.82, 2.24) is 5.32 Å². The van der Waals surface area contributed by atoms with Crippen molar-refractivity contribution in [2.45, 2.75) is 229 Å². The van der Waals surface area contributed by atoms with Crippen LogP contribution in [0.1, 0.15) is 155 Å². The fraction of sp³-hybridized carbons (Fsp3) is 0.629. The molecule has 0 radical (unpaired) electrons. The summed E-state index contributed by atoms with van der Waals surface area (Å²) in [5.74, 6) is -0.287. The first kappa shape index (κ1) is 68.2. The summed E-state index contributed by atoms with van der Waals surface area (Å²) in [6, 6.07) is -0.961. The number of rotatable bonds is 42. The van der Waals surface area contributed by atoms with E-state index < -0.39 is 86.8 Å². The van der Waals surface area contributed by atoms with Gasteiger partial charge in [0, 0.05) is 6.42 Å². The summed E-state index contributed by atoms with van der Waals surface area (Å²) in [7, 11) is 0. The number of carbonyl (C=O) groups is 1. The summed E-state index contributed by atoms with van der Waals surface area (Å²) in [5.41, 5.74) is 0. The van der Waals surface area contributed by atoms with Crippen molar-refractivity contribution in [2.75, 3.05) is 19.8 Å². The molecule has 0 saturated carbocycles. The van der Waals surface area contributed by atoms with Gasteiger partial charge in [0.1, 0.15) is 48.8 Å². The number of unbranched alkanes of at least 4 members (excludes halogenated alkanes) is 9. The average molecular weight is 1070 g/mol. The van der Waals surface area contributed by atoms with Gasteiger partial charge in [0.2, 0.25) is 5.91 Å². The Labute approximate surface area is 456 Å². The molecule has 9 N–H and O–H groups in total. The number of aliphatic hydroxyl groups is 8. The highest BCUT2D eigenvalue weighted by Gasteiger charge is 2.51. The molecule has 0 spiro atoms. The van der Waals surface area contributed by atoms with E-state index in [9.17, 15) is 45.6 Å². The molecule has 0 aliphatic carbocycles. The van der Waals surface area contributed by atoms with Gasteiger partial charge in [-0.15, -0.1) is 0 Å². The summed E-state index contributed by atoms with van der Waals surface area (Å²) in [6.07, 6.45) is 50.6. The van der Waals surface area contributed by atoms with E-state index in [0.717, 1.165) is 103 Å². The van der Waals surface area contributed by atoms with Crippen LogP contribution in [0.4, 0.5) is 0 Å². The monoisotopic (exact) mass is 1070 g/mol. The van der Waals surface area contributed by atoms with Gasteiger partial charge in [-0.1, -0.05) is 173 Å². The van der Waals surface area contributed by atoms with Gasteiger partial charge < -0.3 is 65.1 Å². The zero-order chi connectivity index (χ0) is 55.3. The van der Waals surface area contributed by atoms with E-state index in [-0.39, 0.29) is 18.9 Å². The van der Waals surface area contributed by atoms with Crippen LogP contribution in [0.25, 0.3) is 0 Å². The lowest BCUT2D eigenvalue weighted by atomic mass is 9.97. The summed E-state index contributed by atoms with van der Waals surface area (Å²) in [4.78, 5) is 13.2. The number of nitrogens with one attached hydrogen (secondary N) is 1. The van der Waals surface area contributed by atoms with Crippen LogP contribution in [0.3, 0.4) is 0 Å². The van der Waals surface area contributed by atoms with E-state index in [4.69, 9.17) is 18.9 Å². The van der Waals surface area contributed by atoms with Gasteiger partial charge in [-0.2, -0.15) is 0 Å². The molecule has 2 saturated heterocycles. The molecule has 76 heavy (non-hydrogen) atoms. The van der Waals surface area contributed by atoms with Crippen molar-refractivity contribution in [3.8, 4) is 0 Å². The Balaban J connectivity index is 1.78. The van der Waals surface area contributed by atoms with Crippen LogP contribution in [0.2, 0.25) is 0 Å². The number of amides is 1. The molecule has 0 aromatic heterocycles. The van der Waals surface area contributed by atoms with Gasteiger partial charge in [-0.05, 0) is 109 Å². The molecule has 12 unspecified atom stereocenters. The van der Waals surface area contributed by atoms with Gasteiger partial charge >= 0.3 is 0 Å². The topological polar surface area (TPSA) is 228 Å². The van der Waals surface area contributed by atoms with E-state index >= 15 is 0 Å². The van der Waals surface area contributed by atoms with Gasteiger partial charge in [0.05, 0.1) is 32.0 Å². The number of hydrogen-bond acceptors (Lipinski definition) is 13. The minimum Gasteiger partial charge on any atom is -0.394 e. The third kappa shape index (κ3) is 31.5. The largest absolute Gasteiger partial charge is 0.394 e. The van der Waals surface area contributed by atoms with E-state index in [1.165, 1.54) is 19.3 Å². The molecule has 430 valence electrons. The molecule has 1 amide bonds. The molecule has 14 nitrogen and oxygen atoms in total. The molecule has 2 aliphatic heterocycles. The number of hydrogen-bond donors (Lipinski definition) is 9. The highest BCUT2D eigenvalue weighted by Crippen LogP contribution is 2.30. The number of carbonyl (C=O) groups excluding carboxylic acids is 1. The Bertz CT molecular complexity index is 1780. The fourth-order valence-electron chi connectivity index (χ4n) is 8.22. The van der Waals surface area contributed by atoms with Crippen molar-refractivity contribution in [2.24, 2.45) is 0 Å². The Kier molecular flexibility index (Phi) is 41.4. The summed E-state index contributed by atoms with van der Waals surface area (Å²) in [6.45, 7) is 2.56. The van der Waals surface area contributed by atoms with Crippen molar-refractivity contribution in [1.29, 1.82) is 0 Å². The third-order valence-corrected chi connectivity index (χ3v) is 12.8. The molecule has 2 rings (SSSR count). The normalized spacial score (nSPS) is 25.9. The highest BCUT2D eigenvalue weighted by molar-refractivity contribution is 5.76. The quantitative estimate of drug-likeness (QED) is 0.0206. The van der Waals surface area contributed by atoms with Crippen LogP contribution in [0.5, 0.6) is 0 Å². The Morgan fingerprint density at radius 1 is 0.487 bits per heavy atom. The zero-order valence-electron chi connectivity index (χ0n) is 45.9. The van der Waals surface area contributed by atoms with E-state index in [1.807, 2.05) is 6.08 Å². The molecule has 0 aromatic carbocycles. The molecular formula is C62H99NO13. The molecular weight excluding hydrogens is 967 g/mol. The van der Waals surface area contributed by atoms with Crippen LogP contribution in [0, 0.1) is 0 Å². The van der Waals surface area contributed by atoms with Crippen LogP contribution in [-0.2, 0) is 23.7 Å². The van der Waals surface area contributed by atoms with Crippen LogP contribution in [-0.4, -0.2) is 140 Å². The lowest BCUT2D eigenvalue weighted by Crippen LogP contribution is -2.65. The van der Waals surface area contributed by atoms with Crippen LogP contribution in [0.15, 0.2) is 134 Å². The molecule has 2 fully saturated rings. The number of allylic oxidation sites excluding steroid dienone is 21. The Hall–Kier alpha value is -3.87. The zero-order valence-corrected chi connectivity index (χ0v) is 45.9. The standard InChI is InChI=1S/C62H99NO13/c1-3-5-7-9-11-13-15-17-18-19-20-21-22-23-24-25-26-27-28-29-30-31-32-34-36-38-40-42-44-46-54(67)63-50(51(66)45-43-41-39-37-35-33-16-14-12-10-8-6-4-2)49-73-61-59(72)57(70)60(53(48-65)75-61)76-62-58(71)56(69)55(68)52(47-64)74-62/h5,7,11-14,17-18,20-21,23-24,26-27,29-30,32,34-35,37,43,45,50-53,55-62,64-66,68-72H,3-4,6,8-10,15-16,19,22,25,28,31,33,36,38-42,44,46-49H2,1-2H3,(H,63,67)/b7-5-,13-11-,14-12+,18-17-,21-20-,24-23-,27-26-,30-29-,34-32-,37-35+,45-43+. The molecule has 2 heterocycles. The molecule has 14 heteroatoms. The van der Waals surface area contributed by atoms with E-state index in [1.54, 1.807) is 6.08 Å². The SMILES string of the molecule is CC/C=C\C/C=C\C/C=C\C/C=C\C/C=C\C/C=C\C/C=C\C/C=C\CCCCCCC(=O)NC(COC1OC(CO)C(OC2OC(CO)C(O)C(O)C2O)C(O)C1O)C(O)/C=C/CC/C=C/CC/C=C/CCCCC. The first-order chi connectivity index (χ1) is 37.1. The number of ether oxygens (including phenoxy) is 4. The van der Waals surface area contributed by atoms with Gasteiger partial charge in [0.15, 0.2) is 12.6 Å². The van der Waals surface area contributed by atoms with Crippen molar-refractivity contribution >= 4 is 5.91 Å².